The lowest BCUT2D eigenvalue weighted by Gasteiger charge is -2.28. The predicted octanol–water partition coefficient (Wildman–Crippen LogP) is 3.19. The highest BCUT2D eigenvalue weighted by atomic mass is 19.1. The van der Waals surface area contributed by atoms with Gasteiger partial charge in [-0.1, -0.05) is 13.8 Å². The maximum Gasteiger partial charge on any atom is 0.311 e. The molecule has 0 bridgehead atoms. The Kier molecular flexibility index (Phi) is 3.86. The van der Waals surface area contributed by atoms with E-state index in [0.717, 1.165) is 10.9 Å². The second-order valence-electron chi connectivity index (χ2n) is 6.96. The van der Waals surface area contributed by atoms with Crippen LogP contribution in [-0.2, 0) is 4.79 Å². The smallest absolute Gasteiger partial charge is 0.311 e. The number of amides is 1. The molecule has 1 aromatic carbocycles. The van der Waals surface area contributed by atoms with Gasteiger partial charge in [-0.05, 0) is 43.0 Å². The summed E-state index contributed by atoms with van der Waals surface area (Å²) in [5, 5.41) is 10.4. The van der Waals surface area contributed by atoms with Crippen molar-refractivity contribution in [3.05, 3.63) is 35.3 Å². The van der Waals surface area contributed by atoms with E-state index in [1.165, 1.54) is 12.1 Å². The van der Waals surface area contributed by atoms with Crippen LogP contribution in [0, 0.1) is 24.1 Å². The molecular formula is C18H21FN2O3. The second-order valence-corrected chi connectivity index (χ2v) is 6.96. The molecule has 0 radical (unpaired) electrons. The average molecular weight is 332 g/mol. The molecule has 1 unspecified atom stereocenters. The molecular weight excluding hydrogens is 311 g/mol. The molecule has 1 atom stereocenters. The maximum atomic E-state index is 13.5. The molecule has 6 heteroatoms. The zero-order valence-corrected chi connectivity index (χ0v) is 14.0. The molecule has 128 valence electrons. The molecule has 24 heavy (non-hydrogen) atoms. The van der Waals surface area contributed by atoms with Gasteiger partial charge in [-0.15, -0.1) is 0 Å². The van der Waals surface area contributed by atoms with Gasteiger partial charge in [0.05, 0.1) is 5.41 Å². The van der Waals surface area contributed by atoms with Crippen molar-refractivity contribution in [2.24, 2.45) is 11.3 Å². The van der Waals surface area contributed by atoms with Crippen molar-refractivity contribution in [2.45, 2.75) is 27.2 Å². The van der Waals surface area contributed by atoms with Gasteiger partial charge in [-0.2, -0.15) is 0 Å². The molecule has 0 aliphatic carbocycles. The number of likely N-dealkylation sites (tertiary alicyclic amines) is 1. The number of aromatic nitrogens is 1. The molecule has 1 fully saturated rings. The number of carboxylic acid groups (broad SMARTS) is 1. The number of halogens is 1. The quantitative estimate of drug-likeness (QED) is 0.906. The lowest BCUT2D eigenvalue weighted by molar-refractivity contribution is -0.150. The number of fused-ring (bicyclic) bond motifs is 1. The van der Waals surface area contributed by atoms with Crippen molar-refractivity contribution >= 4 is 22.8 Å². The van der Waals surface area contributed by atoms with Crippen LogP contribution in [0.1, 0.15) is 36.3 Å². The van der Waals surface area contributed by atoms with Crippen LogP contribution >= 0.6 is 0 Å². The van der Waals surface area contributed by atoms with Crippen molar-refractivity contribution in [1.29, 1.82) is 0 Å². The number of H-pyrrole nitrogens is 1. The zero-order valence-electron chi connectivity index (χ0n) is 14.0. The molecule has 1 aliphatic rings. The third-order valence-corrected chi connectivity index (χ3v) is 5.26. The first-order chi connectivity index (χ1) is 11.2. The van der Waals surface area contributed by atoms with Crippen LogP contribution in [0.2, 0.25) is 0 Å². The predicted molar refractivity (Wildman–Crippen MR) is 88.4 cm³/mol. The maximum absolute atomic E-state index is 13.5. The number of aromatic amines is 1. The Hall–Kier alpha value is -2.37. The van der Waals surface area contributed by atoms with E-state index in [0.29, 0.717) is 24.2 Å². The van der Waals surface area contributed by atoms with Gasteiger partial charge in [0.2, 0.25) is 0 Å². The van der Waals surface area contributed by atoms with Gasteiger partial charge in [0, 0.05) is 24.0 Å². The summed E-state index contributed by atoms with van der Waals surface area (Å²) in [4.78, 5) is 29.0. The minimum atomic E-state index is -0.899. The second kappa shape index (κ2) is 5.61. The third-order valence-electron chi connectivity index (χ3n) is 5.26. The SMILES string of the molecule is Cc1cc(F)cc2[nH]c(C(=O)N3CCC(C(=O)O)(C(C)C)C3)cc12. The van der Waals surface area contributed by atoms with E-state index >= 15 is 0 Å². The van der Waals surface area contributed by atoms with Crippen LogP contribution in [-0.4, -0.2) is 40.0 Å². The van der Waals surface area contributed by atoms with Crippen LogP contribution in [0.25, 0.3) is 10.9 Å². The van der Waals surface area contributed by atoms with Gasteiger partial charge in [0.1, 0.15) is 11.5 Å². The Morgan fingerprint density at radius 2 is 2.04 bits per heavy atom. The fraction of sp³-hybridized carbons (Fsp3) is 0.444. The highest BCUT2D eigenvalue weighted by Crippen LogP contribution is 2.38. The number of rotatable bonds is 3. The van der Waals surface area contributed by atoms with Crippen LogP contribution in [0.5, 0.6) is 0 Å². The molecule has 5 nitrogen and oxygen atoms in total. The summed E-state index contributed by atoms with van der Waals surface area (Å²) in [6.45, 7) is 6.14. The standard InChI is InChI=1S/C18H21FN2O3/c1-10(2)18(17(23)24)4-5-21(9-18)16(22)15-8-13-11(3)6-12(19)7-14(13)20-15/h6-8,10,20H,4-5,9H2,1-3H3,(H,23,24). The van der Waals surface area contributed by atoms with Gasteiger partial charge in [-0.3, -0.25) is 9.59 Å². The fourth-order valence-electron chi connectivity index (χ4n) is 3.56. The molecule has 1 aromatic heterocycles. The van der Waals surface area contributed by atoms with E-state index in [-0.39, 0.29) is 24.2 Å². The van der Waals surface area contributed by atoms with Crippen molar-refractivity contribution in [2.75, 3.05) is 13.1 Å². The highest BCUT2D eigenvalue weighted by Gasteiger charge is 2.48. The van der Waals surface area contributed by atoms with Gasteiger partial charge in [-0.25, -0.2) is 4.39 Å². The number of aryl methyl sites for hydroxylation is 1. The zero-order chi connectivity index (χ0) is 17.6. The summed E-state index contributed by atoms with van der Waals surface area (Å²) in [6, 6.07) is 4.50. The molecule has 2 N–H and O–H groups in total. The highest BCUT2D eigenvalue weighted by molar-refractivity contribution is 5.99. The van der Waals surface area contributed by atoms with Crippen LogP contribution in [0.3, 0.4) is 0 Å². The summed E-state index contributed by atoms with van der Waals surface area (Å²) in [5.74, 6) is -1.52. The normalized spacial score (nSPS) is 21.0. The van der Waals surface area contributed by atoms with E-state index in [4.69, 9.17) is 0 Å². The van der Waals surface area contributed by atoms with E-state index in [1.54, 1.807) is 17.9 Å². The minimum absolute atomic E-state index is 0.0631. The number of nitrogens with zero attached hydrogens (tertiary/aromatic N) is 1. The lowest BCUT2D eigenvalue weighted by Crippen LogP contribution is -2.40. The van der Waals surface area contributed by atoms with E-state index < -0.39 is 11.4 Å². The molecule has 2 heterocycles. The summed E-state index contributed by atoms with van der Waals surface area (Å²) >= 11 is 0. The Balaban J connectivity index is 1.91. The first kappa shape index (κ1) is 16.5. The Morgan fingerprint density at radius 1 is 1.33 bits per heavy atom. The summed E-state index contributed by atoms with van der Waals surface area (Å²) < 4.78 is 13.5. The number of carbonyl (C=O) groups is 2. The molecule has 2 aromatic rings. The molecule has 1 saturated heterocycles. The van der Waals surface area contributed by atoms with Crippen LogP contribution in [0.4, 0.5) is 4.39 Å². The van der Waals surface area contributed by atoms with Crippen molar-refractivity contribution < 1.29 is 19.1 Å². The molecule has 0 saturated carbocycles. The first-order valence-electron chi connectivity index (χ1n) is 8.06. The third kappa shape index (κ3) is 2.46. The minimum Gasteiger partial charge on any atom is -0.481 e. The number of hydrogen-bond acceptors (Lipinski definition) is 2. The molecule has 3 rings (SSSR count). The average Bonchev–Trinajstić information content (AvgIpc) is 3.11. The van der Waals surface area contributed by atoms with Crippen LogP contribution < -0.4 is 0 Å². The Morgan fingerprint density at radius 3 is 2.62 bits per heavy atom. The summed E-state index contributed by atoms with van der Waals surface area (Å²) in [7, 11) is 0. The Labute approximate surface area is 139 Å². The monoisotopic (exact) mass is 332 g/mol. The number of benzene rings is 1. The Bertz CT molecular complexity index is 827. The van der Waals surface area contributed by atoms with E-state index in [9.17, 15) is 19.1 Å². The molecule has 1 aliphatic heterocycles. The number of aliphatic carboxylic acids is 1. The van der Waals surface area contributed by atoms with Crippen LogP contribution in [0.15, 0.2) is 18.2 Å². The van der Waals surface area contributed by atoms with Gasteiger partial charge < -0.3 is 15.0 Å². The first-order valence-corrected chi connectivity index (χ1v) is 8.06. The van der Waals surface area contributed by atoms with Gasteiger partial charge in [0.25, 0.3) is 5.91 Å². The van der Waals surface area contributed by atoms with Gasteiger partial charge >= 0.3 is 5.97 Å². The van der Waals surface area contributed by atoms with Crippen molar-refractivity contribution in [3.8, 4) is 0 Å². The fourth-order valence-corrected chi connectivity index (χ4v) is 3.56. The number of hydrogen-bond donors (Lipinski definition) is 2. The summed E-state index contributed by atoms with van der Waals surface area (Å²) in [6.07, 6.45) is 0.444. The van der Waals surface area contributed by atoms with Crippen molar-refractivity contribution in [3.63, 3.8) is 0 Å². The number of nitrogens with one attached hydrogen (secondary N) is 1. The lowest BCUT2D eigenvalue weighted by atomic mass is 9.76. The summed E-state index contributed by atoms with van der Waals surface area (Å²) in [5.41, 5.74) is 0.791. The van der Waals surface area contributed by atoms with Gasteiger partial charge in [0.15, 0.2) is 0 Å². The molecule has 0 spiro atoms. The number of carbonyl (C=O) groups excluding carboxylic acids is 1. The van der Waals surface area contributed by atoms with E-state index in [2.05, 4.69) is 4.98 Å². The number of carboxylic acids is 1. The van der Waals surface area contributed by atoms with Crippen molar-refractivity contribution in [1.82, 2.24) is 9.88 Å². The van der Waals surface area contributed by atoms with E-state index in [1.807, 2.05) is 13.8 Å². The topological polar surface area (TPSA) is 73.4 Å². The molecule has 1 amide bonds. The largest absolute Gasteiger partial charge is 0.481 e.